The number of aliphatic hydroxyl groups is 1. The lowest BCUT2D eigenvalue weighted by molar-refractivity contribution is -0.246. The third-order valence-corrected chi connectivity index (χ3v) is 10.3. The Morgan fingerprint density at radius 1 is 1.06 bits per heavy atom. The maximum absolute atomic E-state index is 12.8. The first kappa shape index (κ1) is 22.2. The smallest absolute Gasteiger partial charge is 0.330 e. The molecule has 0 radical (unpaired) electrons. The topological polar surface area (TPSA) is 46.5 Å². The Morgan fingerprint density at radius 2 is 1.81 bits per heavy atom. The van der Waals surface area contributed by atoms with Crippen molar-refractivity contribution in [1.29, 1.82) is 0 Å². The van der Waals surface area contributed by atoms with Crippen molar-refractivity contribution < 1.29 is 14.6 Å². The molecule has 5 aliphatic carbocycles. The lowest BCUT2D eigenvalue weighted by atomic mass is 9.35. The van der Waals surface area contributed by atoms with E-state index < -0.39 is 5.60 Å². The Morgan fingerprint density at radius 3 is 2.56 bits per heavy atom. The zero-order valence-electron chi connectivity index (χ0n) is 20.1. The molecule has 1 spiro atoms. The fourth-order valence-corrected chi connectivity index (χ4v) is 8.94. The number of hydrogen-bond donors (Lipinski definition) is 1. The molecule has 5 fully saturated rings. The predicted molar refractivity (Wildman–Crippen MR) is 128 cm³/mol. The first-order chi connectivity index (χ1) is 15.2. The van der Waals surface area contributed by atoms with E-state index in [1.807, 2.05) is 36.4 Å². The number of benzene rings is 1. The summed E-state index contributed by atoms with van der Waals surface area (Å²) in [4.78, 5) is 12.8. The molecule has 6 rings (SSSR count). The van der Waals surface area contributed by atoms with Crippen molar-refractivity contribution in [3.8, 4) is 0 Å². The van der Waals surface area contributed by atoms with Crippen LogP contribution in [-0.4, -0.2) is 23.3 Å². The molecule has 0 amide bonds. The van der Waals surface area contributed by atoms with Gasteiger partial charge in [0.25, 0.3) is 0 Å². The minimum atomic E-state index is -0.526. The van der Waals surface area contributed by atoms with Gasteiger partial charge in [-0.2, -0.15) is 0 Å². The number of carbonyl (C=O) groups excluding carboxylic acids is 1. The van der Waals surface area contributed by atoms with Crippen molar-refractivity contribution in [2.24, 2.45) is 34.0 Å². The van der Waals surface area contributed by atoms with Crippen LogP contribution < -0.4 is 0 Å². The van der Waals surface area contributed by atoms with Crippen LogP contribution in [0.3, 0.4) is 0 Å². The summed E-state index contributed by atoms with van der Waals surface area (Å²) in [7, 11) is 0. The normalized spacial score (nSPS) is 42.3. The van der Waals surface area contributed by atoms with Crippen molar-refractivity contribution >= 4 is 12.0 Å². The number of fused-ring (bicyclic) bond motifs is 3. The molecule has 5 saturated carbocycles. The minimum absolute atomic E-state index is 0.0609. The molecule has 32 heavy (non-hydrogen) atoms. The average Bonchev–Trinajstić information content (AvgIpc) is 2.75. The first-order valence-electron chi connectivity index (χ1n) is 12.8. The van der Waals surface area contributed by atoms with Crippen LogP contribution in [0, 0.1) is 34.0 Å². The summed E-state index contributed by atoms with van der Waals surface area (Å²) in [5.74, 6) is 1.33. The second-order valence-corrected chi connectivity index (χ2v) is 12.4. The van der Waals surface area contributed by atoms with E-state index in [9.17, 15) is 9.90 Å². The summed E-state index contributed by atoms with van der Waals surface area (Å²) in [6, 6.07) is 9.93. The van der Waals surface area contributed by atoms with E-state index in [0.29, 0.717) is 24.4 Å². The molecule has 1 N–H and O–H groups in total. The van der Waals surface area contributed by atoms with Crippen molar-refractivity contribution in [3.05, 3.63) is 42.0 Å². The van der Waals surface area contributed by atoms with Gasteiger partial charge in [-0.15, -0.1) is 0 Å². The Kier molecular flexibility index (Phi) is 5.36. The van der Waals surface area contributed by atoms with Crippen LogP contribution in [0.25, 0.3) is 6.08 Å². The second-order valence-electron chi connectivity index (χ2n) is 12.4. The maximum atomic E-state index is 12.8. The number of esters is 1. The van der Waals surface area contributed by atoms with Gasteiger partial charge in [0.15, 0.2) is 0 Å². The first-order valence-corrected chi connectivity index (χ1v) is 12.8. The van der Waals surface area contributed by atoms with Gasteiger partial charge in [-0.1, -0.05) is 50.6 Å². The van der Waals surface area contributed by atoms with Crippen LogP contribution in [0.2, 0.25) is 0 Å². The molecule has 0 saturated heterocycles. The van der Waals surface area contributed by atoms with Gasteiger partial charge < -0.3 is 9.84 Å². The van der Waals surface area contributed by atoms with Gasteiger partial charge in [0.1, 0.15) is 0 Å². The summed E-state index contributed by atoms with van der Waals surface area (Å²) in [5.41, 5.74) is 1.07. The standard InChI is InChI=1S/C29H40O3/c1-26(2)14-7-15-29(20-32-25(30)11-10-21-8-5-4-6-9-21)23(26)13-17-28-16-12-22(18-24(28)29)27(3,31)19-28/h4-6,8-11,22-24,31H,7,12-20H2,1-3H3/b11-10+/t22-,23-,24-,27+,28+,29+/m1/s1. The molecule has 1 aromatic rings. The largest absolute Gasteiger partial charge is 0.462 e. The van der Waals surface area contributed by atoms with Gasteiger partial charge >= 0.3 is 5.97 Å². The van der Waals surface area contributed by atoms with Crippen LogP contribution in [0.1, 0.15) is 84.1 Å². The van der Waals surface area contributed by atoms with Crippen molar-refractivity contribution in [2.45, 2.75) is 84.2 Å². The van der Waals surface area contributed by atoms with Gasteiger partial charge in [-0.25, -0.2) is 4.79 Å². The highest BCUT2D eigenvalue weighted by Crippen LogP contribution is 2.72. The molecule has 174 valence electrons. The van der Waals surface area contributed by atoms with E-state index in [2.05, 4.69) is 20.8 Å². The van der Waals surface area contributed by atoms with Crippen LogP contribution in [0.15, 0.2) is 36.4 Å². The highest BCUT2D eigenvalue weighted by Gasteiger charge is 2.67. The zero-order chi connectivity index (χ0) is 22.6. The molecule has 0 aliphatic heterocycles. The summed E-state index contributed by atoms with van der Waals surface area (Å²) >= 11 is 0. The second kappa shape index (κ2) is 7.72. The lowest BCUT2D eigenvalue weighted by Crippen LogP contribution is -2.66. The highest BCUT2D eigenvalue weighted by atomic mass is 16.5. The molecule has 1 aromatic carbocycles. The van der Waals surface area contributed by atoms with Gasteiger partial charge in [0, 0.05) is 11.5 Å². The third-order valence-electron chi connectivity index (χ3n) is 10.3. The summed E-state index contributed by atoms with van der Waals surface area (Å²) in [6.07, 6.45) is 14.0. The van der Waals surface area contributed by atoms with E-state index >= 15 is 0 Å². The monoisotopic (exact) mass is 436 g/mol. The van der Waals surface area contributed by atoms with E-state index in [1.54, 1.807) is 6.08 Å². The van der Waals surface area contributed by atoms with Crippen LogP contribution >= 0.6 is 0 Å². The molecule has 3 nitrogen and oxygen atoms in total. The van der Waals surface area contributed by atoms with Crippen molar-refractivity contribution in [3.63, 3.8) is 0 Å². The predicted octanol–water partition coefficient (Wildman–Crippen LogP) is 6.41. The summed E-state index contributed by atoms with van der Waals surface area (Å²) in [5, 5.41) is 11.2. The molecule has 0 heterocycles. The highest BCUT2D eigenvalue weighted by molar-refractivity contribution is 5.87. The van der Waals surface area contributed by atoms with Gasteiger partial charge in [-0.3, -0.25) is 0 Å². The quantitative estimate of drug-likeness (QED) is 0.438. The Bertz CT molecular complexity index is 885. The van der Waals surface area contributed by atoms with Gasteiger partial charge in [0.05, 0.1) is 12.2 Å². The maximum Gasteiger partial charge on any atom is 0.330 e. The lowest BCUT2D eigenvalue weighted by Gasteiger charge is -2.70. The zero-order valence-corrected chi connectivity index (χ0v) is 20.1. The Hall–Kier alpha value is -1.61. The third kappa shape index (κ3) is 3.56. The van der Waals surface area contributed by atoms with Crippen molar-refractivity contribution in [1.82, 2.24) is 0 Å². The van der Waals surface area contributed by atoms with E-state index in [0.717, 1.165) is 31.2 Å². The number of ether oxygens (including phenoxy) is 1. The van der Waals surface area contributed by atoms with Gasteiger partial charge in [-0.05, 0) is 98.5 Å². The number of carbonyl (C=O) groups is 1. The Labute approximate surface area is 193 Å². The fraction of sp³-hybridized carbons (Fsp3) is 0.690. The molecule has 0 aromatic heterocycles. The molecule has 2 bridgehead atoms. The Balaban J connectivity index is 1.41. The van der Waals surface area contributed by atoms with Gasteiger partial charge in [0.2, 0.25) is 0 Å². The molecule has 0 unspecified atom stereocenters. The van der Waals surface area contributed by atoms with E-state index in [1.165, 1.54) is 32.1 Å². The number of hydrogen-bond acceptors (Lipinski definition) is 3. The molecule has 5 aliphatic rings. The molecular formula is C29H40O3. The van der Waals surface area contributed by atoms with Crippen LogP contribution in [-0.2, 0) is 9.53 Å². The molecular weight excluding hydrogens is 396 g/mol. The minimum Gasteiger partial charge on any atom is -0.462 e. The van der Waals surface area contributed by atoms with Crippen LogP contribution in [0.4, 0.5) is 0 Å². The van der Waals surface area contributed by atoms with E-state index in [-0.39, 0.29) is 22.2 Å². The average molecular weight is 437 g/mol. The van der Waals surface area contributed by atoms with Crippen molar-refractivity contribution in [2.75, 3.05) is 6.61 Å². The number of rotatable bonds is 4. The molecule has 3 heteroatoms. The SMILES string of the molecule is CC1(C)CCC[C@]2(COC(=O)/C=C/c3ccccc3)[C@@H]1CC[C@]13CC[C@H](C[C@H]12)[C@@](C)(O)C3. The summed E-state index contributed by atoms with van der Waals surface area (Å²) < 4.78 is 6.07. The molecule has 6 atom stereocenters. The van der Waals surface area contributed by atoms with E-state index in [4.69, 9.17) is 4.74 Å². The summed E-state index contributed by atoms with van der Waals surface area (Å²) in [6.45, 7) is 7.50. The fourth-order valence-electron chi connectivity index (χ4n) is 8.94. The van der Waals surface area contributed by atoms with Crippen LogP contribution in [0.5, 0.6) is 0 Å².